The quantitative estimate of drug-likeness (QED) is 0.821. The van der Waals surface area contributed by atoms with Crippen LogP contribution in [0.2, 0.25) is 5.02 Å². The van der Waals surface area contributed by atoms with Crippen molar-refractivity contribution in [3.8, 4) is 0 Å². The Hall–Kier alpha value is -1.11. The lowest BCUT2D eigenvalue weighted by molar-refractivity contribution is -0.925. The monoisotopic (exact) mass is 399 g/mol. The van der Waals surface area contributed by atoms with Gasteiger partial charge >= 0.3 is 0 Å². The number of quaternary nitrogens is 1. The summed E-state index contributed by atoms with van der Waals surface area (Å²) in [5.41, 5.74) is 1.01. The Morgan fingerprint density at radius 2 is 1.81 bits per heavy atom. The van der Waals surface area contributed by atoms with Gasteiger partial charge in [0.25, 0.3) is 0 Å². The van der Waals surface area contributed by atoms with Crippen LogP contribution < -0.4 is 4.90 Å². The number of piperazine rings is 1. The number of sulfone groups is 1. The predicted octanol–water partition coefficient (Wildman–Crippen LogP) is 0.994. The van der Waals surface area contributed by atoms with Gasteiger partial charge in [-0.3, -0.25) is 4.79 Å². The normalized spacial score (nSPS) is 24.8. The van der Waals surface area contributed by atoms with Crippen LogP contribution in [-0.2, 0) is 14.6 Å². The maximum atomic E-state index is 13.1. The van der Waals surface area contributed by atoms with Gasteiger partial charge in [-0.25, -0.2) is 8.42 Å². The molecule has 2 heterocycles. The molecule has 0 aliphatic carbocycles. The Labute approximate surface area is 161 Å². The third-order valence-corrected chi connectivity index (χ3v) is 7.71. The lowest BCUT2D eigenvalue weighted by Crippen LogP contribution is -3.18. The molecule has 144 valence electrons. The van der Waals surface area contributed by atoms with E-state index in [2.05, 4.69) is 13.8 Å². The summed E-state index contributed by atoms with van der Waals surface area (Å²) in [6.45, 7) is 7.20. The van der Waals surface area contributed by atoms with Gasteiger partial charge in [-0.15, -0.1) is 0 Å². The van der Waals surface area contributed by atoms with Crippen LogP contribution in [0.3, 0.4) is 0 Å². The van der Waals surface area contributed by atoms with Crippen LogP contribution >= 0.6 is 11.6 Å². The molecule has 1 aromatic rings. The zero-order valence-corrected chi connectivity index (χ0v) is 17.0. The first-order valence-electron chi connectivity index (χ1n) is 9.36. The van der Waals surface area contributed by atoms with Crippen molar-refractivity contribution in [3.63, 3.8) is 0 Å². The van der Waals surface area contributed by atoms with Crippen LogP contribution in [0.4, 0.5) is 0 Å². The number of nitrogens with zero attached hydrogens (tertiary/aromatic N) is 1. The van der Waals surface area contributed by atoms with E-state index < -0.39 is 9.84 Å². The first-order valence-corrected chi connectivity index (χ1v) is 11.6. The molecule has 1 aromatic carbocycles. The van der Waals surface area contributed by atoms with Crippen molar-refractivity contribution in [2.45, 2.75) is 32.2 Å². The lowest BCUT2D eigenvalue weighted by Gasteiger charge is -2.37. The maximum Gasteiger partial charge on any atom is 0.230 e. The van der Waals surface area contributed by atoms with E-state index in [1.54, 1.807) is 0 Å². The van der Waals surface area contributed by atoms with Gasteiger partial charge in [0.1, 0.15) is 11.8 Å². The molecular weight excluding hydrogens is 372 g/mol. The van der Waals surface area contributed by atoms with Crippen molar-refractivity contribution < 1.29 is 18.1 Å². The smallest absolute Gasteiger partial charge is 0.230 e. The molecule has 0 saturated carbocycles. The highest BCUT2D eigenvalue weighted by Gasteiger charge is 2.38. The summed E-state index contributed by atoms with van der Waals surface area (Å²) in [6, 6.07) is 7.75. The highest BCUT2D eigenvalue weighted by atomic mass is 35.5. The highest BCUT2D eigenvalue weighted by Crippen LogP contribution is 2.28. The minimum atomic E-state index is -2.85. The minimum Gasteiger partial charge on any atom is -0.331 e. The number of amides is 1. The molecule has 2 atom stereocenters. The van der Waals surface area contributed by atoms with Crippen LogP contribution in [0.15, 0.2) is 24.3 Å². The van der Waals surface area contributed by atoms with Crippen molar-refractivity contribution in [2.75, 3.05) is 37.7 Å². The Morgan fingerprint density at radius 3 is 2.31 bits per heavy atom. The SMILES string of the molecule is CC(C)[C@H](C(=O)N1CC[NH+]([C@H]2CCS(=O)(=O)C2)CC1)c1ccc(Cl)cc1. The molecule has 0 radical (unpaired) electrons. The zero-order chi connectivity index (χ0) is 18.9. The molecule has 26 heavy (non-hydrogen) atoms. The maximum absolute atomic E-state index is 13.1. The van der Waals surface area contributed by atoms with E-state index in [9.17, 15) is 13.2 Å². The fourth-order valence-electron chi connectivity index (χ4n) is 4.22. The Kier molecular flexibility index (Phi) is 5.94. The highest BCUT2D eigenvalue weighted by molar-refractivity contribution is 7.91. The standard InChI is InChI=1S/C19H27ClN2O3S/c1-14(2)18(15-3-5-16(20)6-4-15)19(23)22-10-8-21(9-11-22)17-7-12-26(24,25)13-17/h3-6,14,17-18H,7-13H2,1-2H3/p+1/t17-,18-/m0/s1. The third kappa shape index (κ3) is 4.41. The van der Waals surface area contributed by atoms with Gasteiger partial charge in [0, 0.05) is 11.4 Å². The van der Waals surface area contributed by atoms with Crippen molar-refractivity contribution >= 4 is 27.3 Å². The molecule has 0 aromatic heterocycles. The second-order valence-corrected chi connectivity index (χ2v) is 10.5. The fraction of sp³-hybridized carbons (Fsp3) is 0.632. The predicted molar refractivity (Wildman–Crippen MR) is 103 cm³/mol. The number of nitrogens with one attached hydrogen (secondary N) is 1. The molecule has 0 bridgehead atoms. The second kappa shape index (κ2) is 7.87. The van der Waals surface area contributed by atoms with Crippen LogP contribution in [0.1, 0.15) is 31.7 Å². The molecule has 7 heteroatoms. The Morgan fingerprint density at radius 1 is 1.19 bits per heavy atom. The van der Waals surface area contributed by atoms with Crippen LogP contribution in [0.5, 0.6) is 0 Å². The Balaban J connectivity index is 1.64. The van der Waals surface area contributed by atoms with E-state index in [4.69, 9.17) is 11.6 Å². The molecule has 0 spiro atoms. The van der Waals surface area contributed by atoms with E-state index in [0.29, 0.717) is 29.6 Å². The molecule has 3 rings (SSSR count). The summed E-state index contributed by atoms with van der Waals surface area (Å²) in [5, 5.41) is 0.674. The molecule has 2 aliphatic rings. The third-order valence-electron chi connectivity index (χ3n) is 5.69. The lowest BCUT2D eigenvalue weighted by atomic mass is 9.87. The Bertz CT molecular complexity index is 741. The van der Waals surface area contributed by atoms with Crippen LogP contribution in [0, 0.1) is 5.92 Å². The molecule has 0 unspecified atom stereocenters. The average Bonchev–Trinajstić information content (AvgIpc) is 2.96. The molecule has 1 N–H and O–H groups in total. The number of benzene rings is 1. The first kappa shape index (κ1) is 19.6. The van der Waals surface area contributed by atoms with E-state index in [-0.39, 0.29) is 23.8 Å². The van der Waals surface area contributed by atoms with E-state index in [0.717, 1.165) is 25.1 Å². The number of hydrogen-bond donors (Lipinski definition) is 1. The van der Waals surface area contributed by atoms with Gasteiger partial charge in [0.2, 0.25) is 5.91 Å². The van der Waals surface area contributed by atoms with Gasteiger partial charge in [-0.1, -0.05) is 37.6 Å². The van der Waals surface area contributed by atoms with Crippen molar-refractivity contribution in [1.82, 2.24) is 4.90 Å². The largest absolute Gasteiger partial charge is 0.331 e. The van der Waals surface area contributed by atoms with Crippen molar-refractivity contribution in [1.29, 1.82) is 0 Å². The zero-order valence-electron chi connectivity index (χ0n) is 15.4. The van der Waals surface area contributed by atoms with Gasteiger partial charge in [-0.05, 0) is 23.6 Å². The minimum absolute atomic E-state index is 0.166. The number of carbonyl (C=O) groups excluding carboxylic acids is 1. The molecular formula is C19H28ClN2O3S+. The van der Waals surface area contributed by atoms with Crippen molar-refractivity contribution in [3.05, 3.63) is 34.9 Å². The number of carbonyl (C=O) groups is 1. The summed E-state index contributed by atoms with van der Waals surface area (Å²) in [4.78, 5) is 16.4. The summed E-state index contributed by atoms with van der Waals surface area (Å²) in [5.74, 6) is 0.820. The summed E-state index contributed by atoms with van der Waals surface area (Å²) in [6.07, 6.45) is 0.755. The van der Waals surface area contributed by atoms with E-state index in [1.165, 1.54) is 4.90 Å². The van der Waals surface area contributed by atoms with Gasteiger partial charge in [0.15, 0.2) is 9.84 Å². The molecule has 2 fully saturated rings. The topological polar surface area (TPSA) is 58.9 Å². The molecule has 2 aliphatic heterocycles. The average molecular weight is 400 g/mol. The number of hydrogen-bond acceptors (Lipinski definition) is 3. The summed E-state index contributed by atoms with van der Waals surface area (Å²) in [7, 11) is -2.85. The van der Waals surface area contributed by atoms with Gasteiger partial charge in [0.05, 0.1) is 37.8 Å². The molecule has 5 nitrogen and oxygen atoms in total. The van der Waals surface area contributed by atoms with Gasteiger partial charge < -0.3 is 9.80 Å². The first-order chi connectivity index (χ1) is 12.3. The van der Waals surface area contributed by atoms with Crippen LogP contribution in [0.25, 0.3) is 0 Å². The molecule has 1 amide bonds. The van der Waals surface area contributed by atoms with Gasteiger partial charge in [-0.2, -0.15) is 0 Å². The van der Waals surface area contributed by atoms with Crippen LogP contribution in [-0.4, -0.2) is 63.0 Å². The second-order valence-electron chi connectivity index (χ2n) is 7.86. The number of halogens is 1. The fourth-order valence-corrected chi connectivity index (χ4v) is 6.17. The van der Waals surface area contributed by atoms with Crippen molar-refractivity contribution in [2.24, 2.45) is 5.92 Å². The number of rotatable bonds is 4. The molecule has 2 saturated heterocycles. The van der Waals surface area contributed by atoms with E-state index in [1.807, 2.05) is 29.2 Å². The van der Waals surface area contributed by atoms with E-state index >= 15 is 0 Å². The summed E-state index contributed by atoms with van der Waals surface area (Å²) >= 11 is 5.98. The summed E-state index contributed by atoms with van der Waals surface area (Å²) < 4.78 is 23.4.